The summed E-state index contributed by atoms with van der Waals surface area (Å²) in [6.45, 7) is 2.09. The molecule has 0 saturated carbocycles. The number of nitrogens with zero attached hydrogens (tertiary/aromatic N) is 2. The normalized spacial score (nSPS) is 21.9. The summed E-state index contributed by atoms with van der Waals surface area (Å²) < 4.78 is 5.14. The van der Waals surface area contributed by atoms with E-state index in [1.54, 1.807) is 7.11 Å². The molecule has 0 spiro atoms. The van der Waals surface area contributed by atoms with Crippen molar-refractivity contribution in [1.82, 2.24) is 4.98 Å². The van der Waals surface area contributed by atoms with Crippen LogP contribution in [0.3, 0.4) is 0 Å². The highest BCUT2D eigenvalue weighted by Gasteiger charge is 2.35. The van der Waals surface area contributed by atoms with E-state index in [9.17, 15) is 9.90 Å². The number of methoxy groups -OCH3 is 1. The zero-order valence-corrected chi connectivity index (χ0v) is 13.3. The molecule has 0 amide bonds. The van der Waals surface area contributed by atoms with Crippen LogP contribution in [-0.2, 0) is 4.74 Å². The van der Waals surface area contributed by atoms with Gasteiger partial charge in [-0.3, -0.25) is 0 Å². The highest BCUT2D eigenvalue weighted by Crippen LogP contribution is 2.36. The molecule has 0 radical (unpaired) electrons. The Kier molecular flexibility index (Phi) is 5.61. The molecule has 1 atom stereocenters. The van der Waals surface area contributed by atoms with Crippen LogP contribution in [0.1, 0.15) is 29.6 Å². The van der Waals surface area contributed by atoms with Gasteiger partial charge in [-0.25, -0.2) is 9.78 Å². The minimum Gasteiger partial charge on any atom is -0.478 e. The van der Waals surface area contributed by atoms with Crippen molar-refractivity contribution in [3.63, 3.8) is 0 Å². The SMILES string of the molecule is COCCC1(CO)CCCN(c2ncc(C(=O)O)cc2Cl)C1. The average Bonchev–Trinajstić information content (AvgIpc) is 2.53. The average molecular weight is 329 g/mol. The number of aromatic nitrogens is 1. The van der Waals surface area contributed by atoms with Crippen molar-refractivity contribution in [2.45, 2.75) is 19.3 Å². The van der Waals surface area contributed by atoms with Crippen LogP contribution in [0.15, 0.2) is 12.3 Å². The van der Waals surface area contributed by atoms with Crippen molar-refractivity contribution in [3.05, 3.63) is 22.8 Å². The van der Waals surface area contributed by atoms with Crippen molar-refractivity contribution >= 4 is 23.4 Å². The number of rotatable bonds is 6. The van der Waals surface area contributed by atoms with Crippen molar-refractivity contribution < 1.29 is 19.7 Å². The molecule has 2 rings (SSSR count). The second kappa shape index (κ2) is 7.26. The number of carboxylic acids is 1. The summed E-state index contributed by atoms with van der Waals surface area (Å²) in [5, 5.41) is 19.1. The van der Waals surface area contributed by atoms with Crippen molar-refractivity contribution in [2.24, 2.45) is 5.41 Å². The Morgan fingerprint density at radius 1 is 1.59 bits per heavy atom. The number of piperidine rings is 1. The largest absolute Gasteiger partial charge is 0.478 e. The molecule has 1 aromatic rings. The maximum absolute atomic E-state index is 10.9. The maximum Gasteiger partial charge on any atom is 0.337 e. The van der Waals surface area contributed by atoms with Gasteiger partial charge in [-0.1, -0.05) is 11.6 Å². The van der Waals surface area contributed by atoms with E-state index in [4.69, 9.17) is 21.4 Å². The number of pyridine rings is 1. The Balaban J connectivity index is 2.19. The van der Waals surface area contributed by atoms with E-state index in [0.29, 0.717) is 24.0 Å². The topological polar surface area (TPSA) is 82.9 Å². The van der Waals surface area contributed by atoms with Gasteiger partial charge in [0.1, 0.15) is 5.82 Å². The number of carboxylic acid groups (broad SMARTS) is 1. The van der Waals surface area contributed by atoms with Crippen LogP contribution in [0.5, 0.6) is 0 Å². The molecule has 1 fully saturated rings. The quantitative estimate of drug-likeness (QED) is 0.831. The van der Waals surface area contributed by atoms with E-state index in [-0.39, 0.29) is 17.6 Å². The number of hydrogen-bond acceptors (Lipinski definition) is 5. The Bertz CT molecular complexity index is 540. The van der Waals surface area contributed by atoms with Crippen LogP contribution in [0.4, 0.5) is 5.82 Å². The Morgan fingerprint density at radius 2 is 2.36 bits per heavy atom. The van der Waals surface area contributed by atoms with Gasteiger partial charge < -0.3 is 19.8 Å². The van der Waals surface area contributed by atoms with Gasteiger partial charge in [0.2, 0.25) is 0 Å². The highest BCUT2D eigenvalue weighted by molar-refractivity contribution is 6.33. The Morgan fingerprint density at radius 3 is 2.95 bits per heavy atom. The molecule has 0 bridgehead atoms. The number of aliphatic hydroxyl groups excluding tert-OH is 1. The first-order chi connectivity index (χ1) is 10.5. The fraction of sp³-hybridized carbons (Fsp3) is 0.600. The number of aliphatic hydroxyl groups is 1. The van der Waals surface area contributed by atoms with Crippen LogP contribution in [-0.4, -0.2) is 54.6 Å². The predicted molar refractivity (Wildman–Crippen MR) is 83.7 cm³/mol. The molecular weight excluding hydrogens is 308 g/mol. The summed E-state index contributed by atoms with van der Waals surface area (Å²) in [6, 6.07) is 1.41. The molecule has 1 aromatic heterocycles. The third kappa shape index (κ3) is 3.69. The summed E-state index contributed by atoms with van der Waals surface area (Å²) >= 11 is 6.19. The Hall–Kier alpha value is -1.37. The number of ether oxygens (including phenoxy) is 1. The van der Waals surface area contributed by atoms with Crippen LogP contribution >= 0.6 is 11.6 Å². The van der Waals surface area contributed by atoms with Gasteiger partial charge in [-0.15, -0.1) is 0 Å². The molecule has 2 N–H and O–H groups in total. The van der Waals surface area contributed by atoms with E-state index >= 15 is 0 Å². The standard InChI is InChI=1S/C15H21ClN2O4/c1-22-6-4-15(10-19)3-2-5-18(9-15)13-12(16)7-11(8-17-13)14(20)21/h7-8,19H,2-6,9-10H2,1H3,(H,20,21). The van der Waals surface area contributed by atoms with Gasteiger partial charge in [-0.05, 0) is 25.3 Å². The molecular formula is C15H21ClN2O4. The van der Waals surface area contributed by atoms with E-state index in [0.717, 1.165) is 25.8 Å². The minimum absolute atomic E-state index is 0.0681. The predicted octanol–water partition coefficient (Wildman–Crippen LogP) is 2.05. The van der Waals surface area contributed by atoms with Crippen molar-refractivity contribution in [3.8, 4) is 0 Å². The molecule has 6 nitrogen and oxygen atoms in total. The lowest BCUT2D eigenvalue weighted by molar-refractivity contribution is 0.0624. The van der Waals surface area contributed by atoms with Crippen molar-refractivity contribution in [1.29, 1.82) is 0 Å². The van der Waals surface area contributed by atoms with Gasteiger partial charge in [0.15, 0.2) is 0 Å². The monoisotopic (exact) mass is 328 g/mol. The van der Waals surface area contributed by atoms with Gasteiger partial charge in [0, 0.05) is 38.4 Å². The lowest BCUT2D eigenvalue weighted by Gasteiger charge is -2.42. The molecule has 7 heteroatoms. The number of halogens is 1. The van der Waals surface area contributed by atoms with E-state index < -0.39 is 5.97 Å². The van der Waals surface area contributed by atoms with E-state index in [1.807, 2.05) is 4.90 Å². The second-order valence-electron chi connectivity index (χ2n) is 5.76. The molecule has 1 aliphatic rings. The lowest BCUT2D eigenvalue weighted by Crippen LogP contribution is -2.46. The van der Waals surface area contributed by atoms with Crippen LogP contribution in [0.25, 0.3) is 0 Å². The zero-order chi connectivity index (χ0) is 16.2. The van der Waals surface area contributed by atoms with Crippen molar-refractivity contribution in [2.75, 3.05) is 38.3 Å². The van der Waals surface area contributed by atoms with Gasteiger partial charge in [-0.2, -0.15) is 0 Å². The van der Waals surface area contributed by atoms with E-state index in [1.165, 1.54) is 12.3 Å². The van der Waals surface area contributed by atoms with Gasteiger partial charge in [0.05, 0.1) is 17.2 Å². The molecule has 0 aliphatic carbocycles. The number of anilines is 1. The molecule has 22 heavy (non-hydrogen) atoms. The van der Waals surface area contributed by atoms with Gasteiger partial charge in [0.25, 0.3) is 0 Å². The fourth-order valence-electron chi connectivity index (χ4n) is 2.90. The van der Waals surface area contributed by atoms with Gasteiger partial charge >= 0.3 is 5.97 Å². The first-order valence-corrected chi connectivity index (χ1v) is 7.63. The first-order valence-electron chi connectivity index (χ1n) is 7.25. The third-order valence-electron chi connectivity index (χ3n) is 4.20. The Labute approximate surface area is 134 Å². The zero-order valence-electron chi connectivity index (χ0n) is 12.6. The van der Waals surface area contributed by atoms with Crippen LogP contribution < -0.4 is 4.90 Å². The molecule has 1 unspecified atom stereocenters. The molecule has 1 saturated heterocycles. The summed E-state index contributed by atoms with van der Waals surface area (Å²) in [7, 11) is 1.65. The molecule has 122 valence electrons. The molecule has 1 aliphatic heterocycles. The fourth-order valence-corrected chi connectivity index (χ4v) is 3.19. The smallest absolute Gasteiger partial charge is 0.337 e. The lowest BCUT2D eigenvalue weighted by atomic mass is 9.78. The minimum atomic E-state index is -1.05. The second-order valence-corrected chi connectivity index (χ2v) is 6.17. The number of carbonyl (C=O) groups is 1. The molecule has 0 aromatic carbocycles. The number of aromatic carboxylic acids is 1. The van der Waals surface area contributed by atoms with Crippen LogP contribution in [0.2, 0.25) is 5.02 Å². The first kappa shape index (κ1) is 17.0. The number of hydrogen-bond donors (Lipinski definition) is 2. The summed E-state index contributed by atoms with van der Waals surface area (Å²) in [4.78, 5) is 17.2. The highest BCUT2D eigenvalue weighted by atomic mass is 35.5. The summed E-state index contributed by atoms with van der Waals surface area (Å²) in [5.74, 6) is -0.481. The van der Waals surface area contributed by atoms with Crippen LogP contribution in [0, 0.1) is 5.41 Å². The third-order valence-corrected chi connectivity index (χ3v) is 4.48. The maximum atomic E-state index is 10.9. The summed E-state index contributed by atoms with van der Waals surface area (Å²) in [6.07, 6.45) is 3.92. The van der Waals surface area contributed by atoms with E-state index in [2.05, 4.69) is 4.98 Å². The summed E-state index contributed by atoms with van der Waals surface area (Å²) in [5.41, 5.74) is -0.163. The molecule has 2 heterocycles.